The van der Waals surface area contributed by atoms with Crippen molar-refractivity contribution in [3.63, 3.8) is 0 Å². The number of fused-ring (bicyclic) bond motifs is 1. The molecule has 1 atom stereocenters. The number of nitrogens with one attached hydrogen (secondary N) is 2. The maximum absolute atomic E-state index is 5.88. The van der Waals surface area contributed by atoms with Gasteiger partial charge in [0.2, 0.25) is 0 Å². The van der Waals surface area contributed by atoms with E-state index in [0.717, 1.165) is 41.8 Å². The first kappa shape index (κ1) is 15.9. The highest BCUT2D eigenvalue weighted by Gasteiger charge is 2.20. The van der Waals surface area contributed by atoms with Gasteiger partial charge in [-0.2, -0.15) is 0 Å². The van der Waals surface area contributed by atoms with E-state index in [1.165, 1.54) is 12.8 Å². The Morgan fingerprint density at radius 2 is 2.22 bits per heavy atom. The number of para-hydroxylation sites is 1. The summed E-state index contributed by atoms with van der Waals surface area (Å²) in [6.07, 6.45) is 2.65. The molecule has 1 aliphatic rings. The van der Waals surface area contributed by atoms with E-state index in [9.17, 15) is 0 Å². The molecule has 2 aromatic rings. The predicted octanol–water partition coefficient (Wildman–Crippen LogP) is 3.09. The van der Waals surface area contributed by atoms with Crippen LogP contribution >= 0.6 is 0 Å². The number of rotatable bonds is 7. The molecule has 0 saturated heterocycles. The number of furan rings is 1. The molecule has 1 unspecified atom stereocenters. The van der Waals surface area contributed by atoms with Crippen molar-refractivity contribution in [3.8, 4) is 0 Å². The van der Waals surface area contributed by atoms with Crippen LogP contribution in [0.25, 0.3) is 11.0 Å². The van der Waals surface area contributed by atoms with Gasteiger partial charge in [0.05, 0.1) is 12.6 Å². The molecule has 5 heteroatoms. The molecule has 1 aliphatic carbocycles. The number of benzene rings is 1. The Morgan fingerprint density at radius 1 is 1.39 bits per heavy atom. The molecule has 1 aromatic carbocycles. The molecule has 0 amide bonds. The molecule has 0 aliphatic heterocycles. The summed E-state index contributed by atoms with van der Waals surface area (Å²) < 4.78 is 11.5. The van der Waals surface area contributed by atoms with Crippen LogP contribution < -0.4 is 10.6 Å². The summed E-state index contributed by atoms with van der Waals surface area (Å²) in [6, 6.07) is 10.1. The van der Waals surface area contributed by atoms with Crippen molar-refractivity contribution >= 4 is 16.9 Å². The molecule has 3 rings (SSSR count). The summed E-state index contributed by atoms with van der Waals surface area (Å²) in [5.41, 5.74) is 0.910. The van der Waals surface area contributed by atoms with E-state index in [1.54, 1.807) is 7.05 Å². The second-order valence-electron chi connectivity index (χ2n) is 6.07. The highest BCUT2D eigenvalue weighted by molar-refractivity contribution is 5.81. The Morgan fingerprint density at radius 3 is 2.96 bits per heavy atom. The van der Waals surface area contributed by atoms with Crippen LogP contribution in [-0.2, 0) is 4.74 Å². The molecule has 0 radical (unpaired) electrons. The Balaban J connectivity index is 1.47. The smallest absolute Gasteiger partial charge is 0.191 e. The van der Waals surface area contributed by atoms with Crippen LogP contribution in [0.3, 0.4) is 0 Å². The van der Waals surface area contributed by atoms with E-state index in [0.29, 0.717) is 6.61 Å². The third-order valence-corrected chi connectivity index (χ3v) is 4.04. The topological polar surface area (TPSA) is 58.8 Å². The maximum atomic E-state index is 5.88. The minimum atomic E-state index is 0.0426. The molecule has 124 valence electrons. The van der Waals surface area contributed by atoms with E-state index in [2.05, 4.69) is 34.7 Å². The molecule has 1 aromatic heterocycles. The summed E-state index contributed by atoms with van der Waals surface area (Å²) >= 11 is 0. The van der Waals surface area contributed by atoms with Gasteiger partial charge in [0.15, 0.2) is 5.96 Å². The Bertz CT molecular complexity index is 628. The van der Waals surface area contributed by atoms with E-state index in [4.69, 9.17) is 9.15 Å². The van der Waals surface area contributed by atoms with Crippen molar-refractivity contribution < 1.29 is 9.15 Å². The molecule has 1 fully saturated rings. The van der Waals surface area contributed by atoms with Gasteiger partial charge in [0, 0.05) is 25.6 Å². The SMILES string of the molecule is CN=C(NCCOCC1CC1)NC(C)c1cc2ccccc2o1. The van der Waals surface area contributed by atoms with Gasteiger partial charge < -0.3 is 19.8 Å². The van der Waals surface area contributed by atoms with E-state index in [-0.39, 0.29) is 6.04 Å². The fraction of sp³-hybridized carbons (Fsp3) is 0.500. The van der Waals surface area contributed by atoms with E-state index < -0.39 is 0 Å². The lowest BCUT2D eigenvalue weighted by molar-refractivity contribution is 0.129. The molecule has 1 saturated carbocycles. The highest BCUT2D eigenvalue weighted by atomic mass is 16.5. The maximum Gasteiger partial charge on any atom is 0.191 e. The summed E-state index contributed by atoms with van der Waals surface area (Å²) in [4.78, 5) is 4.25. The van der Waals surface area contributed by atoms with Crippen molar-refractivity contribution in [2.45, 2.75) is 25.8 Å². The van der Waals surface area contributed by atoms with Crippen LogP contribution in [0.5, 0.6) is 0 Å². The predicted molar refractivity (Wildman–Crippen MR) is 92.7 cm³/mol. The van der Waals surface area contributed by atoms with Crippen LogP contribution in [0.15, 0.2) is 39.7 Å². The first-order chi connectivity index (χ1) is 11.3. The first-order valence-corrected chi connectivity index (χ1v) is 8.29. The first-order valence-electron chi connectivity index (χ1n) is 8.29. The molecule has 23 heavy (non-hydrogen) atoms. The Hall–Kier alpha value is -2.01. The molecule has 1 heterocycles. The van der Waals surface area contributed by atoms with Gasteiger partial charge in [0.1, 0.15) is 11.3 Å². The normalized spacial score (nSPS) is 16.5. The van der Waals surface area contributed by atoms with Gasteiger partial charge in [0.25, 0.3) is 0 Å². The fourth-order valence-corrected chi connectivity index (χ4v) is 2.46. The third-order valence-electron chi connectivity index (χ3n) is 4.04. The van der Waals surface area contributed by atoms with Crippen molar-refractivity contribution in [2.24, 2.45) is 10.9 Å². The zero-order chi connectivity index (χ0) is 16.1. The average Bonchev–Trinajstić information content (AvgIpc) is 3.28. The standard InChI is InChI=1S/C18H25N3O2/c1-13(17-11-15-5-3-4-6-16(15)23-17)21-18(19-2)20-9-10-22-12-14-7-8-14/h3-6,11,13-14H,7-10,12H2,1-2H3,(H2,19,20,21). The van der Waals surface area contributed by atoms with E-state index in [1.807, 2.05) is 18.2 Å². The average molecular weight is 315 g/mol. The summed E-state index contributed by atoms with van der Waals surface area (Å²) in [5, 5.41) is 7.73. The molecule has 0 bridgehead atoms. The van der Waals surface area contributed by atoms with Crippen LogP contribution in [0.2, 0.25) is 0 Å². The lowest BCUT2D eigenvalue weighted by Gasteiger charge is -2.16. The van der Waals surface area contributed by atoms with Crippen molar-refractivity contribution in [1.82, 2.24) is 10.6 Å². The number of hydrogen-bond acceptors (Lipinski definition) is 3. The van der Waals surface area contributed by atoms with Crippen molar-refractivity contribution in [1.29, 1.82) is 0 Å². The monoisotopic (exact) mass is 315 g/mol. The van der Waals surface area contributed by atoms with Gasteiger partial charge in [-0.05, 0) is 37.8 Å². The number of aliphatic imine (C=N–C) groups is 1. The van der Waals surface area contributed by atoms with Gasteiger partial charge >= 0.3 is 0 Å². The van der Waals surface area contributed by atoms with Crippen LogP contribution in [0.4, 0.5) is 0 Å². The van der Waals surface area contributed by atoms with Crippen LogP contribution in [0.1, 0.15) is 31.6 Å². The summed E-state index contributed by atoms with van der Waals surface area (Å²) in [6.45, 7) is 4.41. The van der Waals surface area contributed by atoms with Gasteiger partial charge in [-0.25, -0.2) is 0 Å². The van der Waals surface area contributed by atoms with Crippen LogP contribution in [0, 0.1) is 5.92 Å². The van der Waals surface area contributed by atoms with E-state index >= 15 is 0 Å². The molecular formula is C18H25N3O2. The van der Waals surface area contributed by atoms with Gasteiger partial charge in [-0.15, -0.1) is 0 Å². The highest BCUT2D eigenvalue weighted by Crippen LogP contribution is 2.28. The number of hydrogen-bond donors (Lipinski definition) is 2. The second kappa shape index (κ2) is 7.51. The number of guanidine groups is 1. The lowest BCUT2D eigenvalue weighted by atomic mass is 10.2. The molecule has 2 N–H and O–H groups in total. The van der Waals surface area contributed by atoms with Gasteiger partial charge in [-0.1, -0.05) is 18.2 Å². The zero-order valence-electron chi connectivity index (χ0n) is 13.8. The van der Waals surface area contributed by atoms with Crippen molar-refractivity contribution in [3.05, 3.63) is 36.1 Å². The lowest BCUT2D eigenvalue weighted by Crippen LogP contribution is -2.40. The summed E-state index contributed by atoms with van der Waals surface area (Å²) in [5.74, 6) is 2.47. The minimum absolute atomic E-state index is 0.0426. The second-order valence-corrected chi connectivity index (χ2v) is 6.07. The Kier molecular flexibility index (Phi) is 5.18. The molecular weight excluding hydrogens is 290 g/mol. The van der Waals surface area contributed by atoms with Crippen molar-refractivity contribution in [2.75, 3.05) is 26.8 Å². The number of nitrogens with zero attached hydrogens (tertiary/aromatic N) is 1. The van der Waals surface area contributed by atoms with Crippen LogP contribution in [-0.4, -0.2) is 32.8 Å². The molecule has 0 spiro atoms. The largest absolute Gasteiger partial charge is 0.459 e. The van der Waals surface area contributed by atoms with Gasteiger partial charge in [-0.3, -0.25) is 4.99 Å². The summed E-state index contributed by atoms with van der Waals surface area (Å²) in [7, 11) is 1.77. The number of ether oxygens (including phenoxy) is 1. The zero-order valence-corrected chi connectivity index (χ0v) is 13.8. The quantitative estimate of drug-likeness (QED) is 0.468. The fourth-order valence-electron chi connectivity index (χ4n) is 2.46. The Labute approximate surface area is 137 Å². The third kappa shape index (κ3) is 4.48. The minimum Gasteiger partial charge on any atom is -0.459 e. The molecule has 5 nitrogen and oxygen atoms in total.